The third-order valence-electron chi connectivity index (χ3n) is 2.22. The van der Waals surface area contributed by atoms with E-state index in [0.717, 1.165) is 10.9 Å². The summed E-state index contributed by atoms with van der Waals surface area (Å²) in [6.45, 7) is 1.83. The summed E-state index contributed by atoms with van der Waals surface area (Å²) in [6.07, 6.45) is 1.47. The van der Waals surface area contributed by atoms with Crippen molar-refractivity contribution in [2.24, 2.45) is 0 Å². The van der Waals surface area contributed by atoms with Crippen LogP contribution in [-0.2, 0) is 0 Å². The Bertz CT molecular complexity index is 541. The van der Waals surface area contributed by atoms with E-state index in [2.05, 4.69) is 4.98 Å². The first-order valence-corrected chi connectivity index (χ1v) is 4.17. The van der Waals surface area contributed by atoms with Crippen molar-refractivity contribution in [3.05, 3.63) is 41.3 Å². The zero-order valence-electron chi connectivity index (χ0n) is 7.58. The SMILES string of the molecule is Cc1c(C#N)cnc2cc(F)ccc12. The van der Waals surface area contributed by atoms with Crippen LogP contribution in [0.15, 0.2) is 24.4 Å². The molecule has 0 radical (unpaired) electrons. The molecule has 0 saturated heterocycles. The summed E-state index contributed by atoms with van der Waals surface area (Å²) in [7, 11) is 0. The molecule has 1 heterocycles. The highest BCUT2D eigenvalue weighted by atomic mass is 19.1. The van der Waals surface area contributed by atoms with Crippen molar-refractivity contribution in [1.29, 1.82) is 5.26 Å². The molecule has 0 aliphatic heterocycles. The van der Waals surface area contributed by atoms with Crippen LogP contribution in [0.5, 0.6) is 0 Å². The lowest BCUT2D eigenvalue weighted by Crippen LogP contribution is -1.89. The van der Waals surface area contributed by atoms with Crippen LogP contribution >= 0.6 is 0 Å². The fourth-order valence-corrected chi connectivity index (χ4v) is 1.42. The van der Waals surface area contributed by atoms with Gasteiger partial charge in [-0.25, -0.2) is 4.39 Å². The number of hydrogen-bond donors (Lipinski definition) is 0. The van der Waals surface area contributed by atoms with Gasteiger partial charge in [0.15, 0.2) is 0 Å². The number of nitrogens with zero attached hydrogens (tertiary/aromatic N) is 2. The molecule has 0 atom stereocenters. The second-order valence-corrected chi connectivity index (χ2v) is 3.07. The molecule has 0 saturated carbocycles. The van der Waals surface area contributed by atoms with Crippen LogP contribution in [-0.4, -0.2) is 4.98 Å². The Morgan fingerprint density at radius 3 is 2.93 bits per heavy atom. The molecule has 3 heteroatoms. The maximum Gasteiger partial charge on any atom is 0.125 e. The second kappa shape index (κ2) is 3.08. The third-order valence-corrected chi connectivity index (χ3v) is 2.22. The van der Waals surface area contributed by atoms with Crippen molar-refractivity contribution in [2.75, 3.05) is 0 Å². The number of rotatable bonds is 0. The molecule has 68 valence electrons. The molecule has 0 N–H and O–H groups in total. The average Bonchev–Trinajstić information content (AvgIpc) is 2.18. The van der Waals surface area contributed by atoms with Crippen LogP contribution in [0.3, 0.4) is 0 Å². The van der Waals surface area contributed by atoms with Gasteiger partial charge in [-0.3, -0.25) is 4.98 Å². The third kappa shape index (κ3) is 1.21. The lowest BCUT2D eigenvalue weighted by atomic mass is 10.1. The van der Waals surface area contributed by atoms with Gasteiger partial charge in [-0.1, -0.05) is 0 Å². The van der Waals surface area contributed by atoms with Gasteiger partial charge in [-0.15, -0.1) is 0 Å². The molecule has 1 aromatic heterocycles. The van der Waals surface area contributed by atoms with Gasteiger partial charge in [-0.2, -0.15) is 5.26 Å². The minimum absolute atomic E-state index is 0.311. The van der Waals surface area contributed by atoms with Gasteiger partial charge in [-0.05, 0) is 24.6 Å². The number of fused-ring (bicyclic) bond motifs is 1. The van der Waals surface area contributed by atoms with Gasteiger partial charge in [0.05, 0.1) is 11.1 Å². The van der Waals surface area contributed by atoms with Crippen molar-refractivity contribution < 1.29 is 4.39 Å². The van der Waals surface area contributed by atoms with Gasteiger partial charge in [0, 0.05) is 17.6 Å². The lowest BCUT2D eigenvalue weighted by molar-refractivity contribution is 0.629. The predicted octanol–water partition coefficient (Wildman–Crippen LogP) is 2.55. The zero-order chi connectivity index (χ0) is 10.1. The Morgan fingerprint density at radius 2 is 2.21 bits per heavy atom. The lowest BCUT2D eigenvalue weighted by Gasteiger charge is -2.02. The molecule has 2 aromatic rings. The summed E-state index contributed by atoms with van der Waals surface area (Å²) >= 11 is 0. The summed E-state index contributed by atoms with van der Waals surface area (Å²) in [6, 6.07) is 6.43. The number of aryl methyl sites for hydroxylation is 1. The van der Waals surface area contributed by atoms with Crippen LogP contribution in [0, 0.1) is 24.1 Å². The smallest absolute Gasteiger partial charge is 0.125 e. The number of pyridine rings is 1. The normalized spacial score (nSPS) is 10.1. The Labute approximate surface area is 80.6 Å². The molecule has 0 spiro atoms. The zero-order valence-corrected chi connectivity index (χ0v) is 7.58. The number of aromatic nitrogens is 1. The number of halogens is 1. The largest absolute Gasteiger partial charge is 0.255 e. The van der Waals surface area contributed by atoms with Crippen LogP contribution in [0.4, 0.5) is 4.39 Å². The van der Waals surface area contributed by atoms with Gasteiger partial charge < -0.3 is 0 Å². The molecule has 2 rings (SSSR count). The van der Waals surface area contributed by atoms with E-state index in [-0.39, 0.29) is 5.82 Å². The molecule has 0 aliphatic rings. The number of nitriles is 1. The first-order chi connectivity index (χ1) is 6.72. The maximum atomic E-state index is 12.8. The van der Waals surface area contributed by atoms with Crippen LogP contribution in [0.25, 0.3) is 10.9 Å². The molecule has 2 nitrogen and oxygen atoms in total. The Kier molecular flexibility index (Phi) is 1.90. The Hall–Kier alpha value is -1.95. The van der Waals surface area contributed by atoms with E-state index < -0.39 is 0 Å². The quantitative estimate of drug-likeness (QED) is 0.634. The highest BCUT2D eigenvalue weighted by Gasteiger charge is 2.04. The minimum atomic E-state index is -0.311. The van der Waals surface area contributed by atoms with Gasteiger partial charge in [0.1, 0.15) is 11.9 Å². The summed E-state index contributed by atoms with van der Waals surface area (Å²) < 4.78 is 12.8. The highest BCUT2D eigenvalue weighted by molar-refractivity contribution is 5.83. The fraction of sp³-hybridized carbons (Fsp3) is 0.0909. The minimum Gasteiger partial charge on any atom is -0.255 e. The standard InChI is InChI=1S/C11H7FN2/c1-7-8(5-13)6-14-11-4-9(12)2-3-10(7)11/h2-4,6H,1H3. The molecule has 0 amide bonds. The van der Waals surface area contributed by atoms with Crippen molar-refractivity contribution in [3.63, 3.8) is 0 Å². The number of hydrogen-bond acceptors (Lipinski definition) is 2. The van der Waals surface area contributed by atoms with E-state index in [1.807, 2.05) is 13.0 Å². The van der Waals surface area contributed by atoms with Crippen molar-refractivity contribution in [1.82, 2.24) is 4.98 Å². The molecule has 0 aliphatic carbocycles. The van der Waals surface area contributed by atoms with Crippen molar-refractivity contribution in [2.45, 2.75) is 6.92 Å². The Balaban J connectivity index is 2.85. The summed E-state index contributed by atoms with van der Waals surface area (Å²) in [5.41, 5.74) is 1.96. The topological polar surface area (TPSA) is 36.7 Å². The fourth-order valence-electron chi connectivity index (χ4n) is 1.42. The Morgan fingerprint density at radius 1 is 1.43 bits per heavy atom. The molecular weight excluding hydrogens is 179 g/mol. The highest BCUT2D eigenvalue weighted by Crippen LogP contribution is 2.19. The van der Waals surface area contributed by atoms with E-state index >= 15 is 0 Å². The van der Waals surface area contributed by atoms with Crippen LogP contribution in [0.1, 0.15) is 11.1 Å². The second-order valence-electron chi connectivity index (χ2n) is 3.07. The summed E-state index contributed by atoms with van der Waals surface area (Å²) in [4.78, 5) is 4.01. The van der Waals surface area contributed by atoms with Crippen LogP contribution < -0.4 is 0 Å². The van der Waals surface area contributed by atoms with Crippen molar-refractivity contribution in [3.8, 4) is 6.07 Å². The van der Waals surface area contributed by atoms with Gasteiger partial charge >= 0.3 is 0 Å². The van der Waals surface area contributed by atoms with Crippen LogP contribution in [0.2, 0.25) is 0 Å². The molecule has 0 unspecified atom stereocenters. The molecule has 14 heavy (non-hydrogen) atoms. The molecule has 0 fully saturated rings. The average molecular weight is 186 g/mol. The molecule has 0 bridgehead atoms. The summed E-state index contributed by atoms with van der Waals surface area (Å²) in [5.74, 6) is -0.311. The van der Waals surface area contributed by atoms with Gasteiger partial charge in [0.25, 0.3) is 0 Å². The number of benzene rings is 1. The molecular formula is C11H7FN2. The van der Waals surface area contributed by atoms with E-state index in [4.69, 9.17) is 5.26 Å². The van der Waals surface area contributed by atoms with E-state index in [1.54, 1.807) is 6.07 Å². The van der Waals surface area contributed by atoms with Crippen molar-refractivity contribution >= 4 is 10.9 Å². The van der Waals surface area contributed by atoms with E-state index in [9.17, 15) is 4.39 Å². The van der Waals surface area contributed by atoms with E-state index in [0.29, 0.717) is 11.1 Å². The van der Waals surface area contributed by atoms with E-state index in [1.165, 1.54) is 18.3 Å². The maximum absolute atomic E-state index is 12.8. The first kappa shape index (κ1) is 8.64. The predicted molar refractivity (Wildman–Crippen MR) is 51.2 cm³/mol. The monoisotopic (exact) mass is 186 g/mol. The van der Waals surface area contributed by atoms with Gasteiger partial charge in [0.2, 0.25) is 0 Å². The molecule has 1 aromatic carbocycles. The summed E-state index contributed by atoms with van der Waals surface area (Å²) in [5, 5.41) is 9.59. The first-order valence-electron chi connectivity index (χ1n) is 4.17.